The maximum absolute atomic E-state index is 9.14. The highest BCUT2D eigenvalue weighted by Crippen LogP contribution is 2.51. The molecule has 1 atom stereocenters. The Balaban J connectivity index is 2.13. The van der Waals surface area contributed by atoms with Crippen molar-refractivity contribution >= 4 is 5.69 Å². The average Bonchev–Trinajstić information content (AvgIpc) is 2.83. The third-order valence-corrected chi connectivity index (χ3v) is 3.70. The number of pyridine rings is 1. The molecule has 90 valence electrons. The van der Waals surface area contributed by atoms with Gasteiger partial charge in [0.25, 0.3) is 0 Å². The van der Waals surface area contributed by atoms with Crippen molar-refractivity contribution in [1.29, 1.82) is 5.26 Å². The Morgan fingerprint density at radius 2 is 2.18 bits per heavy atom. The van der Waals surface area contributed by atoms with Crippen molar-refractivity contribution in [2.75, 3.05) is 11.9 Å². The normalized spacial score (nSPS) is 20.8. The molecule has 17 heavy (non-hydrogen) atoms. The lowest BCUT2D eigenvalue weighted by atomic mass is 10.1. The number of hydrogen-bond acceptors (Lipinski definition) is 3. The molecule has 1 N–H and O–H groups in total. The molecule has 3 heteroatoms. The predicted molar refractivity (Wildman–Crippen MR) is 68.8 cm³/mol. The van der Waals surface area contributed by atoms with E-state index in [1.165, 1.54) is 6.42 Å². The van der Waals surface area contributed by atoms with Crippen molar-refractivity contribution < 1.29 is 0 Å². The first-order valence-corrected chi connectivity index (χ1v) is 6.06. The summed E-state index contributed by atoms with van der Waals surface area (Å²) in [4.78, 5) is 4.31. The molecule has 1 aromatic rings. The maximum atomic E-state index is 9.14. The monoisotopic (exact) mass is 229 g/mol. The van der Waals surface area contributed by atoms with Crippen LogP contribution in [0.5, 0.6) is 0 Å². The van der Waals surface area contributed by atoms with Crippen molar-refractivity contribution in [3.8, 4) is 6.07 Å². The summed E-state index contributed by atoms with van der Waals surface area (Å²) in [5.41, 5.74) is 3.84. The number of aryl methyl sites for hydroxylation is 2. The molecule has 0 saturated heterocycles. The average molecular weight is 229 g/mol. The van der Waals surface area contributed by atoms with Crippen LogP contribution in [0.1, 0.15) is 37.2 Å². The van der Waals surface area contributed by atoms with Crippen LogP contribution in [0, 0.1) is 36.5 Å². The van der Waals surface area contributed by atoms with E-state index >= 15 is 0 Å². The number of anilines is 1. The van der Waals surface area contributed by atoms with Gasteiger partial charge in [-0.2, -0.15) is 5.26 Å². The van der Waals surface area contributed by atoms with E-state index in [0.29, 0.717) is 11.0 Å². The molecule has 2 rings (SSSR count). The Labute approximate surface area is 103 Å². The molecular weight excluding hydrogens is 210 g/mol. The van der Waals surface area contributed by atoms with Crippen molar-refractivity contribution in [1.82, 2.24) is 4.98 Å². The molecule has 1 aliphatic carbocycles. The lowest BCUT2D eigenvalue weighted by molar-refractivity contribution is 0.573. The number of nitriles is 1. The summed E-state index contributed by atoms with van der Waals surface area (Å²) in [6.45, 7) is 9.37. The first kappa shape index (κ1) is 11.9. The highest BCUT2D eigenvalue weighted by molar-refractivity contribution is 5.59. The summed E-state index contributed by atoms with van der Waals surface area (Å²) in [7, 11) is 0. The van der Waals surface area contributed by atoms with Crippen LogP contribution < -0.4 is 5.32 Å². The highest BCUT2D eigenvalue weighted by atomic mass is 14.9. The van der Waals surface area contributed by atoms with E-state index in [-0.39, 0.29) is 0 Å². The minimum atomic E-state index is 0.469. The van der Waals surface area contributed by atoms with Crippen molar-refractivity contribution in [3.63, 3.8) is 0 Å². The van der Waals surface area contributed by atoms with Crippen LogP contribution in [-0.4, -0.2) is 11.5 Å². The first-order chi connectivity index (χ1) is 7.94. The van der Waals surface area contributed by atoms with Gasteiger partial charge in [-0.05, 0) is 37.7 Å². The molecule has 0 bridgehead atoms. The van der Waals surface area contributed by atoms with E-state index < -0.39 is 0 Å². The molecule has 1 saturated carbocycles. The number of aromatic nitrogens is 1. The molecule has 1 heterocycles. The number of rotatable bonds is 3. The topological polar surface area (TPSA) is 48.7 Å². The Morgan fingerprint density at radius 3 is 2.71 bits per heavy atom. The zero-order chi connectivity index (χ0) is 12.6. The van der Waals surface area contributed by atoms with Gasteiger partial charge in [-0.1, -0.05) is 13.8 Å². The molecule has 0 spiro atoms. The molecule has 0 radical (unpaired) electrons. The quantitative estimate of drug-likeness (QED) is 0.866. The van der Waals surface area contributed by atoms with Gasteiger partial charge in [0, 0.05) is 12.2 Å². The second kappa shape index (κ2) is 4.03. The Morgan fingerprint density at radius 1 is 1.53 bits per heavy atom. The van der Waals surface area contributed by atoms with Gasteiger partial charge >= 0.3 is 0 Å². The second-order valence-electron chi connectivity index (χ2n) is 5.65. The molecule has 1 aromatic heterocycles. The summed E-state index contributed by atoms with van der Waals surface area (Å²) >= 11 is 0. The lowest BCUT2D eigenvalue weighted by Gasteiger charge is -2.11. The summed E-state index contributed by atoms with van der Waals surface area (Å²) in [5, 5.41) is 12.5. The summed E-state index contributed by atoms with van der Waals surface area (Å²) in [6.07, 6.45) is 1.27. The third-order valence-electron chi connectivity index (χ3n) is 3.70. The molecule has 3 nitrogen and oxygen atoms in total. The summed E-state index contributed by atoms with van der Waals surface area (Å²) < 4.78 is 0. The lowest BCUT2D eigenvalue weighted by Crippen LogP contribution is -2.09. The van der Waals surface area contributed by atoms with Crippen LogP contribution in [0.25, 0.3) is 0 Å². The fraction of sp³-hybridized carbons (Fsp3) is 0.571. The number of nitrogens with one attached hydrogen (secondary N) is 1. The standard InChI is InChI=1S/C14H19N3/c1-9-5-13(12(7-15)10(2)17-9)16-8-11-6-14(11,3)4/h5,11H,6,8H2,1-4H3,(H,16,17). The van der Waals surface area contributed by atoms with Gasteiger partial charge in [0.05, 0.1) is 16.9 Å². The first-order valence-electron chi connectivity index (χ1n) is 6.06. The van der Waals surface area contributed by atoms with Crippen LogP contribution in [0.4, 0.5) is 5.69 Å². The van der Waals surface area contributed by atoms with Gasteiger partial charge in [0.1, 0.15) is 6.07 Å². The molecule has 1 fully saturated rings. The fourth-order valence-electron chi connectivity index (χ4n) is 2.27. The molecule has 0 aromatic carbocycles. The smallest absolute Gasteiger partial charge is 0.103 e. The van der Waals surface area contributed by atoms with Crippen LogP contribution in [0.3, 0.4) is 0 Å². The van der Waals surface area contributed by atoms with Crippen LogP contribution >= 0.6 is 0 Å². The maximum Gasteiger partial charge on any atom is 0.103 e. The zero-order valence-electron chi connectivity index (χ0n) is 11.0. The number of nitrogens with zero attached hydrogens (tertiary/aromatic N) is 2. The Bertz CT molecular complexity index is 483. The van der Waals surface area contributed by atoms with Crippen molar-refractivity contribution in [2.24, 2.45) is 11.3 Å². The van der Waals surface area contributed by atoms with E-state index in [0.717, 1.165) is 29.5 Å². The molecule has 0 amide bonds. The third kappa shape index (κ3) is 2.41. The Hall–Kier alpha value is -1.56. The Kier molecular flexibility index (Phi) is 2.82. The van der Waals surface area contributed by atoms with Gasteiger partial charge in [-0.3, -0.25) is 4.98 Å². The fourth-order valence-corrected chi connectivity index (χ4v) is 2.27. The molecule has 0 aliphatic heterocycles. The van der Waals surface area contributed by atoms with E-state index in [1.54, 1.807) is 0 Å². The van der Waals surface area contributed by atoms with Crippen LogP contribution in [0.2, 0.25) is 0 Å². The minimum Gasteiger partial charge on any atom is -0.384 e. The molecular formula is C14H19N3. The van der Waals surface area contributed by atoms with Gasteiger partial charge < -0.3 is 5.32 Å². The second-order valence-corrected chi connectivity index (χ2v) is 5.65. The summed E-state index contributed by atoms with van der Waals surface area (Å²) in [6, 6.07) is 4.19. The zero-order valence-corrected chi connectivity index (χ0v) is 11.0. The van der Waals surface area contributed by atoms with Gasteiger partial charge in [-0.25, -0.2) is 0 Å². The predicted octanol–water partition coefficient (Wildman–Crippen LogP) is 3.03. The molecule has 1 unspecified atom stereocenters. The van der Waals surface area contributed by atoms with E-state index in [9.17, 15) is 0 Å². The highest BCUT2D eigenvalue weighted by Gasteiger charge is 2.45. The summed E-state index contributed by atoms with van der Waals surface area (Å²) in [5.74, 6) is 0.725. The van der Waals surface area contributed by atoms with Gasteiger partial charge in [0.15, 0.2) is 0 Å². The van der Waals surface area contributed by atoms with Crippen molar-refractivity contribution in [3.05, 3.63) is 23.0 Å². The minimum absolute atomic E-state index is 0.469. The van der Waals surface area contributed by atoms with E-state index in [2.05, 4.69) is 30.2 Å². The molecule has 1 aliphatic rings. The largest absolute Gasteiger partial charge is 0.384 e. The number of hydrogen-bond donors (Lipinski definition) is 1. The van der Waals surface area contributed by atoms with E-state index in [4.69, 9.17) is 5.26 Å². The SMILES string of the molecule is Cc1cc(NCC2CC2(C)C)c(C#N)c(C)n1. The van der Waals surface area contributed by atoms with Crippen molar-refractivity contribution in [2.45, 2.75) is 34.1 Å². The van der Waals surface area contributed by atoms with Gasteiger partial charge in [0.2, 0.25) is 0 Å². The van der Waals surface area contributed by atoms with Crippen LogP contribution in [-0.2, 0) is 0 Å². The van der Waals surface area contributed by atoms with Gasteiger partial charge in [-0.15, -0.1) is 0 Å². The van der Waals surface area contributed by atoms with Crippen LogP contribution in [0.15, 0.2) is 6.07 Å². The van der Waals surface area contributed by atoms with E-state index in [1.807, 2.05) is 19.9 Å².